The van der Waals surface area contributed by atoms with Gasteiger partial charge in [-0.1, -0.05) is 25.6 Å². The van der Waals surface area contributed by atoms with Crippen LogP contribution in [0.3, 0.4) is 0 Å². The van der Waals surface area contributed by atoms with Crippen molar-refractivity contribution in [1.82, 2.24) is 24.9 Å². The molecule has 0 bridgehead atoms. The first-order valence-corrected chi connectivity index (χ1v) is 13.0. The standard InChI is InChI=1S/C19H29N7O3S2/c1-11(2)7-15(10-27)22-17-23-18(26-31(4,28)29)25-19(24-17)30-12(3)14-8-20-16(21-9-14)13-5-6-13/h8-9,11-13,15,27H,5-7,10H2,1-4H3,(H2,22,23,24,25,26)/t12-,15-/m1/s1. The fraction of sp³-hybridized carbons (Fsp3) is 0.632. The minimum Gasteiger partial charge on any atom is -0.394 e. The maximum atomic E-state index is 11.7. The van der Waals surface area contributed by atoms with Gasteiger partial charge in [0.25, 0.3) is 0 Å². The topological polar surface area (TPSA) is 143 Å². The third-order valence-corrected chi connectivity index (χ3v) is 6.16. The van der Waals surface area contributed by atoms with Crippen LogP contribution in [-0.4, -0.2) is 57.3 Å². The Morgan fingerprint density at radius 1 is 1.13 bits per heavy atom. The van der Waals surface area contributed by atoms with Crippen molar-refractivity contribution in [1.29, 1.82) is 0 Å². The molecule has 31 heavy (non-hydrogen) atoms. The Labute approximate surface area is 187 Å². The highest BCUT2D eigenvalue weighted by Gasteiger charge is 2.26. The van der Waals surface area contributed by atoms with E-state index in [2.05, 4.69) is 35.0 Å². The van der Waals surface area contributed by atoms with Crippen LogP contribution in [0.5, 0.6) is 0 Å². The molecule has 1 fully saturated rings. The normalized spacial score (nSPS) is 16.2. The highest BCUT2D eigenvalue weighted by atomic mass is 32.2. The van der Waals surface area contributed by atoms with Gasteiger partial charge >= 0.3 is 0 Å². The molecule has 10 nitrogen and oxygen atoms in total. The van der Waals surface area contributed by atoms with E-state index in [9.17, 15) is 13.5 Å². The Morgan fingerprint density at radius 3 is 2.32 bits per heavy atom. The second kappa shape index (κ2) is 10.0. The van der Waals surface area contributed by atoms with Crippen molar-refractivity contribution in [3.05, 3.63) is 23.8 Å². The van der Waals surface area contributed by atoms with Crippen molar-refractivity contribution in [3.8, 4) is 0 Å². The molecule has 12 heteroatoms. The molecule has 2 heterocycles. The maximum Gasteiger partial charge on any atom is 0.242 e. The van der Waals surface area contributed by atoms with Crippen LogP contribution in [0.4, 0.5) is 11.9 Å². The second-order valence-corrected chi connectivity index (χ2v) is 11.3. The quantitative estimate of drug-likeness (QED) is 0.422. The number of nitrogens with one attached hydrogen (secondary N) is 2. The zero-order valence-corrected chi connectivity index (χ0v) is 19.7. The third kappa shape index (κ3) is 7.54. The van der Waals surface area contributed by atoms with Crippen LogP contribution in [0.1, 0.15) is 62.6 Å². The van der Waals surface area contributed by atoms with Gasteiger partial charge in [0.15, 0.2) is 5.16 Å². The van der Waals surface area contributed by atoms with Crippen molar-refractivity contribution < 1.29 is 13.5 Å². The zero-order chi connectivity index (χ0) is 22.6. The molecule has 0 amide bonds. The lowest BCUT2D eigenvalue weighted by molar-refractivity contribution is 0.259. The van der Waals surface area contributed by atoms with E-state index in [0.717, 1.165) is 30.5 Å². The Balaban J connectivity index is 1.80. The van der Waals surface area contributed by atoms with E-state index >= 15 is 0 Å². The Kier molecular flexibility index (Phi) is 7.65. The van der Waals surface area contributed by atoms with Crippen LogP contribution in [0.2, 0.25) is 0 Å². The number of nitrogens with zero attached hydrogens (tertiary/aromatic N) is 5. The molecule has 0 spiro atoms. The van der Waals surface area contributed by atoms with Gasteiger partial charge in [0.1, 0.15) is 5.82 Å². The Morgan fingerprint density at radius 2 is 1.77 bits per heavy atom. The molecule has 3 rings (SSSR count). The molecule has 0 unspecified atom stereocenters. The van der Waals surface area contributed by atoms with Crippen LogP contribution in [0, 0.1) is 5.92 Å². The van der Waals surface area contributed by atoms with Gasteiger partial charge in [-0.25, -0.2) is 18.4 Å². The summed E-state index contributed by atoms with van der Waals surface area (Å²) in [6.07, 6.45) is 7.67. The van der Waals surface area contributed by atoms with E-state index in [1.54, 1.807) is 0 Å². The first kappa shape index (κ1) is 23.6. The van der Waals surface area contributed by atoms with Gasteiger partial charge in [-0.05, 0) is 32.1 Å². The summed E-state index contributed by atoms with van der Waals surface area (Å²) in [4.78, 5) is 21.7. The van der Waals surface area contributed by atoms with Crippen LogP contribution < -0.4 is 10.0 Å². The van der Waals surface area contributed by atoms with Crippen LogP contribution in [-0.2, 0) is 10.0 Å². The van der Waals surface area contributed by atoms with E-state index in [4.69, 9.17) is 0 Å². The predicted molar refractivity (Wildman–Crippen MR) is 121 cm³/mol. The SMILES string of the molecule is CC(C)C[C@H](CO)Nc1nc(NS(C)(=O)=O)nc(S[C@H](C)c2cnc(C3CC3)nc2)n1. The first-order valence-electron chi connectivity index (χ1n) is 10.2. The van der Waals surface area contributed by atoms with Crippen LogP contribution in [0.25, 0.3) is 0 Å². The first-order chi connectivity index (χ1) is 14.6. The van der Waals surface area contributed by atoms with E-state index < -0.39 is 10.0 Å². The summed E-state index contributed by atoms with van der Waals surface area (Å²) >= 11 is 1.35. The fourth-order valence-corrected chi connectivity index (χ4v) is 4.23. The van der Waals surface area contributed by atoms with Crippen molar-refractivity contribution in [2.24, 2.45) is 5.92 Å². The summed E-state index contributed by atoms with van der Waals surface area (Å²) in [7, 11) is -3.56. The molecule has 2 aromatic rings. The van der Waals surface area contributed by atoms with E-state index in [1.807, 2.05) is 33.2 Å². The molecule has 1 aliphatic rings. The Bertz CT molecular complexity index is 982. The summed E-state index contributed by atoms with van der Waals surface area (Å²) in [5, 5.41) is 13.0. The summed E-state index contributed by atoms with van der Waals surface area (Å²) in [6.45, 7) is 5.99. The molecule has 1 aliphatic carbocycles. The number of hydrogen-bond acceptors (Lipinski definition) is 10. The second-order valence-electron chi connectivity index (χ2n) is 8.20. The number of aliphatic hydroxyl groups excluding tert-OH is 1. The molecular weight excluding hydrogens is 438 g/mol. The molecule has 0 aliphatic heterocycles. The van der Waals surface area contributed by atoms with E-state index in [0.29, 0.717) is 23.4 Å². The highest BCUT2D eigenvalue weighted by Crippen LogP contribution is 2.38. The number of thioether (sulfide) groups is 1. The molecular formula is C19H29N7O3S2. The van der Waals surface area contributed by atoms with Gasteiger partial charge < -0.3 is 10.4 Å². The fourth-order valence-electron chi connectivity index (χ4n) is 2.95. The van der Waals surface area contributed by atoms with Gasteiger partial charge in [-0.3, -0.25) is 4.72 Å². The molecule has 0 aromatic carbocycles. The third-order valence-electron chi connectivity index (χ3n) is 4.59. The lowest BCUT2D eigenvalue weighted by Gasteiger charge is -2.19. The minimum atomic E-state index is -3.56. The van der Waals surface area contributed by atoms with E-state index in [1.165, 1.54) is 11.8 Å². The lowest BCUT2D eigenvalue weighted by atomic mass is 10.0. The van der Waals surface area contributed by atoms with Gasteiger partial charge in [0.2, 0.25) is 21.9 Å². The van der Waals surface area contributed by atoms with Crippen molar-refractivity contribution >= 4 is 33.7 Å². The predicted octanol–water partition coefficient (Wildman–Crippen LogP) is 2.58. The smallest absolute Gasteiger partial charge is 0.242 e. The van der Waals surface area contributed by atoms with Crippen molar-refractivity contribution in [2.75, 3.05) is 22.9 Å². The molecule has 1 saturated carbocycles. The van der Waals surface area contributed by atoms with Crippen LogP contribution >= 0.6 is 11.8 Å². The van der Waals surface area contributed by atoms with Gasteiger partial charge in [-0.15, -0.1) is 0 Å². The minimum absolute atomic E-state index is 0.0566. The maximum absolute atomic E-state index is 11.7. The number of anilines is 2. The summed E-state index contributed by atoms with van der Waals surface area (Å²) in [5.41, 5.74) is 0.926. The zero-order valence-electron chi connectivity index (χ0n) is 18.1. The van der Waals surface area contributed by atoms with Crippen molar-refractivity contribution in [3.63, 3.8) is 0 Å². The molecule has 0 radical (unpaired) electrons. The molecule has 2 atom stereocenters. The molecule has 2 aromatic heterocycles. The van der Waals surface area contributed by atoms with E-state index in [-0.39, 0.29) is 29.8 Å². The largest absolute Gasteiger partial charge is 0.394 e. The monoisotopic (exact) mass is 467 g/mol. The van der Waals surface area contributed by atoms with Gasteiger partial charge in [0, 0.05) is 29.1 Å². The average molecular weight is 468 g/mol. The Hall–Kier alpha value is -2.05. The number of rotatable bonds is 11. The highest BCUT2D eigenvalue weighted by molar-refractivity contribution is 7.99. The number of aliphatic hydroxyl groups is 1. The average Bonchev–Trinajstić information content (AvgIpc) is 3.51. The summed E-state index contributed by atoms with van der Waals surface area (Å²) in [6, 6.07) is -0.257. The molecule has 170 valence electrons. The summed E-state index contributed by atoms with van der Waals surface area (Å²) in [5.74, 6) is 1.86. The molecule has 0 saturated heterocycles. The van der Waals surface area contributed by atoms with Crippen LogP contribution in [0.15, 0.2) is 17.6 Å². The van der Waals surface area contributed by atoms with Gasteiger partial charge in [0.05, 0.1) is 18.9 Å². The number of hydrogen-bond donors (Lipinski definition) is 3. The summed E-state index contributed by atoms with van der Waals surface area (Å²) < 4.78 is 25.7. The molecule has 3 N–H and O–H groups in total. The van der Waals surface area contributed by atoms with Crippen molar-refractivity contribution in [2.45, 2.75) is 62.4 Å². The number of sulfonamides is 1. The van der Waals surface area contributed by atoms with Gasteiger partial charge in [-0.2, -0.15) is 15.0 Å². The number of aromatic nitrogens is 5. The lowest BCUT2D eigenvalue weighted by Crippen LogP contribution is -2.27.